The monoisotopic (exact) mass is 447 g/mol. The summed E-state index contributed by atoms with van der Waals surface area (Å²) in [7, 11) is -3.72. The van der Waals surface area contributed by atoms with Gasteiger partial charge in [0.2, 0.25) is 5.91 Å². The van der Waals surface area contributed by atoms with Gasteiger partial charge in [-0.15, -0.1) is 0 Å². The number of sulfonamides is 1. The number of amidine groups is 1. The molecule has 0 saturated carbocycles. The molecule has 0 spiro atoms. The van der Waals surface area contributed by atoms with Crippen molar-refractivity contribution in [2.75, 3.05) is 11.9 Å². The summed E-state index contributed by atoms with van der Waals surface area (Å²) in [4.78, 5) is 16.3. The molecule has 1 heterocycles. The maximum absolute atomic E-state index is 12.4. The van der Waals surface area contributed by atoms with Crippen LogP contribution < -0.4 is 10.0 Å². The number of benzene rings is 2. The number of hydrogen-bond donors (Lipinski definition) is 2. The number of rotatable bonds is 5. The van der Waals surface area contributed by atoms with Crippen LogP contribution in [0.25, 0.3) is 6.08 Å². The van der Waals surface area contributed by atoms with Gasteiger partial charge in [0.1, 0.15) is 5.84 Å². The zero-order valence-electron chi connectivity index (χ0n) is 14.4. The third-order valence-electron chi connectivity index (χ3n) is 3.84. The van der Waals surface area contributed by atoms with Gasteiger partial charge >= 0.3 is 0 Å². The van der Waals surface area contributed by atoms with Crippen molar-refractivity contribution in [2.24, 2.45) is 4.99 Å². The van der Waals surface area contributed by atoms with E-state index in [-0.39, 0.29) is 10.8 Å². The van der Waals surface area contributed by atoms with Crippen molar-refractivity contribution in [3.8, 4) is 0 Å². The van der Waals surface area contributed by atoms with Gasteiger partial charge in [0, 0.05) is 29.2 Å². The first-order valence-electron chi connectivity index (χ1n) is 8.33. The van der Waals surface area contributed by atoms with E-state index in [1.807, 2.05) is 24.3 Å². The Morgan fingerprint density at radius 1 is 1.15 bits per heavy atom. The van der Waals surface area contributed by atoms with Crippen molar-refractivity contribution in [1.29, 1.82) is 0 Å². The Morgan fingerprint density at radius 2 is 1.93 bits per heavy atom. The summed E-state index contributed by atoms with van der Waals surface area (Å²) >= 11 is 3.35. The fraction of sp³-hybridized carbons (Fsp3) is 0.158. The second kappa shape index (κ2) is 8.49. The number of carbonyl (C=O) groups is 1. The van der Waals surface area contributed by atoms with Crippen LogP contribution in [0.3, 0.4) is 0 Å². The van der Waals surface area contributed by atoms with Crippen LogP contribution in [-0.2, 0) is 14.8 Å². The SMILES string of the molecule is O=C(/C=C/c1ccc(Br)cc1)Nc1cccc(S(=O)(=O)NC2=NCCC2)c1. The number of anilines is 1. The minimum absolute atomic E-state index is 0.0757. The van der Waals surface area contributed by atoms with Crippen molar-refractivity contribution >= 4 is 49.5 Å². The highest BCUT2D eigenvalue weighted by atomic mass is 79.9. The lowest BCUT2D eigenvalue weighted by molar-refractivity contribution is -0.111. The molecule has 1 aliphatic heterocycles. The molecule has 6 nitrogen and oxygen atoms in total. The predicted molar refractivity (Wildman–Crippen MR) is 110 cm³/mol. The normalized spacial score (nSPS) is 14.2. The van der Waals surface area contributed by atoms with Crippen LogP contribution in [0.5, 0.6) is 0 Å². The summed E-state index contributed by atoms with van der Waals surface area (Å²) in [5.74, 6) is 0.127. The van der Waals surface area contributed by atoms with E-state index in [0.29, 0.717) is 24.5 Å². The minimum atomic E-state index is -3.72. The molecule has 1 amide bonds. The van der Waals surface area contributed by atoms with Crippen molar-refractivity contribution in [2.45, 2.75) is 17.7 Å². The van der Waals surface area contributed by atoms with Crippen molar-refractivity contribution in [1.82, 2.24) is 4.72 Å². The van der Waals surface area contributed by atoms with Crippen molar-refractivity contribution < 1.29 is 13.2 Å². The van der Waals surface area contributed by atoms with Crippen LogP contribution in [0.2, 0.25) is 0 Å². The van der Waals surface area contributed by atoms with Crippen LogP contribution >= 0.6 is 15.9 Å². The average Bonchev–Trinajstić information content (AvgIpc) is 3.14. The maximum Gasteiger partial charge on any atom is 0.262 e. The highest BCUT2D eigenvalue weighted by Crippen LogP contribution is 2.17. The lowest BCUT2D eigenvalue weighted by atomic mass is 10.2. The Bertz CT molecular complexity index is 999. The summed E-state index contributed by atoms with van der Waals surface area (Å²) in [6.45, 7) is 0.638. The molecule has 140 valence electrons. The van der Waals surface area contributed by atoms with Gasteiger partial charge < -0.3 is 5.32 Å². The summed E-state index contributed by atoms with van der Waals surface area (Å²) in [6.07, 6.45) is 4.55. The number of hydrogen-bond acceptors (Lipinski definition) is 4. The van der Waals surface area contributed by atoms with Gasteiger partial charge in [0.15, 0.2) is 0 Å². The molecular formula is C19H18BrN3O3S. The number of nitrogens with one attached hydrogen (secondary N) is 2. The molecule has 2 N–H and O–H groups in total. The molecule has 0 saturated heterocycles. The van der Waals surface area contributed by atoms with Gasteiger partial charge in [-0.25, -0.2) is 8.42 Å². The van der Waals surface area contributed by atoms with E-state index in [1.54, 1.807) is 18.2 Å². The first-order valence-corrected chi connectivity index (χ1v) is 10.6. The zero-order valence-corrected chi connectivity index (χ0v) is 16.8. The van der Waals surface area contributed by atoms with Gasteiger partial charge in [0.05, 0.1) is 4.90 Å². The molecule has 8 heteroatoms. The largest absolute Gasteiger partial charge is 0.322 e. The number of halogens is 1. The average molecular weight is 448 g/mol. The lowest BCUT2D eigenvalue weighted by Crippen LogP contribution is -2.29. The van der Waals surface area contributed by atoms with Crippen LogP contribution in [0.15, 0.2) is 69.0 Å². The van der Waals surface area contributed by atoms with E-state index in [9.17, 15) is 13.2 Å². The third kappa shape index (κ3) is 5.51. The molecule has 0 radical (unpaired) electrons. The van der Waals surface area contributed by atoms with E-state index in [4.69, 9.17) is 0 Å². The molecule has 0 fully saturated rings. The van der Waals surface area contributed by atoms with Gasteiger partial charge in [0.25, 0.3) is 10.0 Å². The highest BCUT2D eigenvalue weighted by Gasteiger charge is 2.18. The first-order chi connectivity index (χ1) is 12.9. The van der Waals surface area contributed by atoms with E-state index in [0.717, 1.165) is 16.5 Å². The number of amides is 1. The summed E-state index contributed by atoms with van der Waals surface area (Å²) in [5.41, 5.74) is 1.28. The molecule has 0 bridgehead atoms. The van der Waals surface area contributed by atoms with E-state index >= 15 is 0 Å². The van der Waals surface area contributed by atoms with Crippen molar-refractivity contribution in [3.63, 3.8) is 0 Å². The number of aliphatic imine (C=N–C) groups is 1. The Morgan fingerprint density at radius 3 is 2.63 bits per heavy atom. The zero-order chi connectivity index (χ0) is 19.3. The van der Waals surface area contributed by atoms with Crippen LogP contribution in [0, 0.1) is 0 Å². The smallest absolute Gasteiger partial charge is 0.262 e. The second-order valence-corrected chi connectivity index (χ2v) is 8.54. The Labute approximate surface area is 166 Å². The molecular weight excluding hydrogens is 430 g/mol. The molecule has 0 atom stereocenters. The summed E-state index contributed by atoms with van der Waals surface area (Å²) in [5, 5.41) is 2.67. The molecule has 27 heavy (non-hydrogen) atoms. The van der Waals surface area contributed by atoms with Crippen LogP contribution in [0.4, 0.5) is 5.69 Å². The maximum atomic E-state index is 12.4. The van der Waals surface area contributed by atoms with Gasteiger partial charge in [-0.3, -0.25) is 14.5 Å². The van der Waals surface area contributed by atoms with E-state index in [2.05, 4.69) is 31.0 Å². The molecule has 0 unspecified atom stereocenters. The summed E-state index contributed by atoms with van der Waals surface area (Å²) in [6, 6.07) is 13.6. The molecule has 2 aromatic rings. The van der Waals surface area contributed by atoms with Gasteiger partial charge in [-0.2, -0.15) is 0 Å². The van der Waals surface area contributed by atoms with Crippen LogP contribution in [-0.4, -0.2) is 26.7 Å². The first kappa shape index (κ1) is 19.3. The van der Waals surface area contributed by atoms with E-state index in [1.165, 1.54) is 18.2 Å². The molecule has 3 rings (SSSR count). The highest BCUT2D eigenvalue weighted by molar-refractivity contribution is 9.10. The number of nitrogens with zero attached hydrogens (tertiary/aromatic N) is 1. The van der Waals surface area contributed by atoms with Crippen molar-refractivity contribution in [3.05, 3.63) is 64.6 Å². The fourth-order valence-electron chi connectivity index (χ4n) is 2.51. The van der Waals surface area contributed by atoms with Gasteiger partial charge in [-0.05, 0) is 48.4 Å². The second-order valence-electron chi connectivity index (χ2n) is 5.94. The van der Waals surface area contributed by atoms with E-state index < -0.39 is 10.0 Å². The molecule has 2 aromatic carbocycles. The standard InChI is InChI=1S/C19H18BrN3O3S/c20-15-9-6-14(7-10-15)8-11-19(24)22-16-3-1-4-17(13-16)27(25,26)23-18-5-2-12-21-18/h1,3-4,6-11,13H,2,5,12H2,(H,21,23)(H,22,24)/b11-8+. The molecule has 1 aliphatic rings. The quantitative estimate of drug-likeness (QED) is 0.686. The summed E-state index contributed by atoms with van der Waals surface area (Å²) < 4.78 is 28.3. The Kier molecular flexibility index (Phi) is 6.08. The fourth-order valence-corrected chi connectivity index (χ4v) is 3.91. The Balaban J connectivity index is 1.68. The molecule has 0 aliphatic carbocycles. The van der Waals surface area contributed by atoms with Gasteiger partial charge in [-0.1, -0.05) is 34.1 Å². The minimum Gasteiger partial charge on any atom is -0.322 e. The predicted octanol–water partition coefficient (Wildman–Crippen LogP) is 3.57. The molecule has 0 aromatic heterocycles. The number of carbonyl (C=O) groups excluding carboxylic acids is 1. The topological polar surface area (TPSA) is 87.6 Å². The third-order valence-corrected chi connectivity index (χ3v) is 5.74. The van der Waals surface area contributed by atoms with Crippen LogP contribution in [0.1, 0.15) is 18.4 Å². The Hall–Kier alpha value is -2.45. The lowest BCUT2D eigenvalue weighted by Gasteiger charge is -2.09.